The van der Waals surface area contributed by atoms with Crippen LogP contribution in [0.5, 0.6) is 0 Å². The molecular weight excluding hydrogens is 353 g/mol. The molecule has 0 aliphatic carbocycles. The summed E-state index contributed by atoms with van der Waals surface area (Å²) in [5.74, 6) is 0.0265. The van der Waals surface area contributed by atoms with Crippen molar-refractivity contribution >= 4 is 22.6 Å². The van der Waals surface area contributed by atoms with Gasteiger partial charge in [-0.15, -0.1) is 0 Å². The Balaban J connectivity index is 1.39. The van der Waals surface area contributed by atoms with Crippen molar-refractivity contribution in [3.8, 4) is 11.4 Å². The van der Waals surface area contributed by atoms with Crippen LogP contribution >= 0.6 is 11.5 Å². The zero-order chi connectivity index (χ0) is 18.2. The van der Waals surface area contributed by atoms with E-state index in [-0.39, 0.29) is 11.7 Å². The van der Waals surface area contributed by atoms with Crippen LogP contribution in [0.15, 0.2) is 54.6 Å². The Hall–Kier alpha value is -2.64. The number of nitrogens with zero attached hydrogens (tertiary/aromatic N) is 2. The minimum atomic E-state index is -0.313. The number of ether oxygens (including phenoxy) is 1. The van der Waals surface area contributed by atoms with Crippen LogP contribution < -0.4 is 5.32 Å². The van der Waals surface area contributed by atoms with Crippen LogP contribution in [-0.4, -0.2) is 21.9 Å². The van der Waals surface area contributed by atoms with Gasteiger partial charge < -0.3 is 10.1 Å². The van der Waals surface area contributed by atoms with Crippen molar-refractivity contribution in [1.29, 1.82) is 0 Å². The number of hydrogen-bond donors (Lipinski definition) is 1. The zero-order valence-electron chi connectivity index (χ0n) is 14.0. The van der Waals surface area contributed by atoms with Crippen molar-refractivity contribution in [2.45, 2.75) is 19.4 Å². The topological polar surface area (TPSA) is 64.1 Å². The van der Waals surface area contributed by atoms with E-state index in [1.165, 1.54) is 12.1 Å². The second-order valence-electron chi connectivity index (χ2n) is 5.62. The SMILES string of the molecule is O=C(CCCOCc1ccccc1)Nc1nc(-c2ccc(F)cc2)ns1. The third kappa shape index (κ3) is 5.44. The molecule has 1 N–H and O–H groups in total. The fourth-order valence-corrected chi connectivity index (χ4v) is 2.88. The first-order chi connectivity index (χ1) is 12.7. The first kappa shape index (κ1) is 18.2. The highest BCUT2D eigenvalue weighted by atomic mass is 32.1. The number of benzene rings is 2. The van der Waals surface area contributed by atoms with E-state index < -0.39 is 0 Å². The molecule has 26 heavy (non-hydrogen) atoms. The summed E-state index contributed by atoms with van der Waals surface area (Å²) in [6.07, 6.45) is 0.975. The molecule has 0 radical (unpaired) electrons. The molecule has 0 fully saturated rings. The van der Waals surface area contributed by atoms with E-state index in [1.54, 1.807) is 12.1 Å². The number of nitrogens with one attached hydrogen (secondary N) is 1. The minimum Gasteiger partial charge on any atom is -0.377 e. The lowest BCUT2D eigenvalue weighted by Crippen LogP contribution is -2.12. The predicted molar refractivity (Wildman–Crippen MR) is 99.3 cm³/mol. The molecule has 3 aromatic rings. The van der Waals surface area contributed by atoms with Crippen molar-refractivity contribution in [3.05, 3.63) is 66.0 Å². The van der Waals surface area contributed by atoms with E-state index in [0.717, 1.165) is 17.1 Å². The normalized spacial score (nSPS) is 10.7. The molecule has 1 aromatic heterocycles. The monoisotopic (exact) mass is 371 g/mol. The Morgan fingerprint density at radius 2 is 1.88 bits per heavy atom. The van der Waals surface area contributed by atoms with Gasteiger partial charge in [0.1, 0.15) is 5.82 Å². The van der Waals surface area contributed by atoms with Gasteiger partial charge in [-0.25, -0.2) is 4.39 Å². The minimum absolute atomic E-state index is 0.130. The van der Waals surface area contributed by atoms with Gasteiger partial charge in [0.25, 0.3) is 0 Å². The molecule has 0 saturated carbocycles. The van der Waals surface area contributed by atoms with Crippen molar-refractivity contribution in [3.63, 3.8) is 0 Å². The number of carbonyl (C=O) groups is 1. The lowest BCUT2D eigenvalue weighted by atomic mass is 10.2. The summed E-state index contributed by atoms with van der Waals surface area (Å²) >= 11 is 1.10. The van der Waals surface area contributed by atoms with Crippen LogP contribution in [0, 0.1) is 5.82 Å². The van der Waals surface area contributed by atoms with E-state index in [2.05, 4.69) is 14.7 Å². The molecule has 1 heterocycles. The summed E-state index contributed by atoms with van der Waals surface area (Å²) in [4.78, 5) is 16.2. The third-order valence-electron chi connectivity index (χ3n) is 3.58. The average molecular weight is 371 g/mol. The Kier molecular flexibility index (Phi) is 6.40. The lowest BCUT2D eigenvalue weighted by Gasteiger charge is -2.04. The Labute approximate surface area is 155 Å². The van der Waals surface area contributed by atoms with Crippen LogP contribution in [0.1, 0.15) is 18.4 Å². The van der Waals surface area contributed by atoms with Crippen LogP contribution in [0.25, 0.3) is 11.4 Å². The first-order valence-corrected chi connectivity index (χ1v) is 8.99. The van der Waals surface area contributed by atoms with Gasteiger partial charge in [-0.3, -0.25) is 4.79 Å². The molecule has 3 rings (SSSR count). The number of hydrogen-bond acceptors (Lipinski definition) is 5. The molecule has 0 saturated heterocycles. The molecule has 134 valence electrons. The molecule has 0 aliphatic rings. The highest BCUT2D eigenvalue weighted by molar-refractivity contribution is 7.10. The van der Waals surface area contributed by atoms with E-state index in [9.17, 15) is 9.18 Å². The first-order valence-electron chi connectivity index (χ1n) is 8.22. The zero-order valence-corrected chi connectivity index (χ0v) is 14.8. The summed E-state index contributed by atoms with van der Waals surface area (Å²) in [5, 5.41) is 3.16. The van der Waals surface area contributed by atoms with E-state index in [0.29, 0.717) is 42.6 Å². The molecule has 2 aromatic carbocycles. The molecule has 1 amide bonds. The third-order valence-corrected chi connectivity index (χ3v) is 4.21. The molecule has 0 atom stereocenters. The molecule has 0 aliphatic heterocycles. The van der Waals surface area contributed by atoms with E-state index in [1.807, 2.05) is 30.3 Å². The maximum Gasteiger partial charge on any atom is 0.226 e. The second kappa shape index (κ2) is 9.17. The lowest BCUT2D eigenvalue weighted by molar-refractivity contribution is -0.116. The average Bonchev–Trinajstić information content (AvgIpc) is 3.11. The predicted octanol–water partition coefficient (Wildman–Crippen LogP) is 4.28. The maximum absolute atomic E-state index is 12.9. The van der Waals surface area contributed by atoms with Gasteiger partial charge in [0, 0.05) is 30.1 Å². The quantitative estimate of drug-likeness (QED) is 0.600. The van der Waals surface area contributed by atoms with Gasteiger partial charge in [0.2, 0.25) is 11.0 Å². The van der Waals surface area contributed by atoms with Gasteiger partial charge in [-0.05, 0) is 36.2 Å². The summed E-state index contributed by atoms with van der Waals surface area (Å²) < 4.78 is 22.7. The van der Waals surface area contributed by atoms with Gasteiger partial charge >= 0.3 is 0 Å². The van der Waals surface area contributed by atoms with Crippen molar-refractivity contribution in [1.82, 2.24) is 9.36 Å². The molecule has 5 nitrogen and oxygen atoms in total. The van der Waals surface area contributed by atoms with Crippen molar-refractivity contribution in [2.24, 2.45) is 0 Å². The Morgan fingerprint density at radius 1 is 1.12 bits per heavy atom. The maximum atomic E-state index is 12.9. The second-order valence-corrected chi connectivity index (χ2v) is 6.37. The molecular formula is C19H18FN3O2S. The Morgan fingerprint density at radius 3 is 2.65 bits per heavy atom. The van der Waals surface area contributed by atoms with Gasteiger partial charge in [0.05, 0.1) is 6.61 Å². The number of rotatable bonds is 8. The largest absolute Gasteiger partial charge is 0.377 e. The standard InChI is InChI=1S/C19H18FN3O2S/c20-16-10-8-15(9-11-16)18-22-19(26-23-18)21-17(24)7-4-12-25-13-14-5-2-1-3-6-14/h1-3,5-6,8-11H,4,7,12-13H2,(H,21,22,23,24). The van der Waals surface area contributed by atoms with Crippen LogP contribution in [0.4, 0.5) is 9.52 Å². The number of anilines is 1. The molecule has 0 unspecified atom stereocenters. The van der Waals surface area contributed by atoms with Crippen LogP contribution in [0.2, 0.25) is 0 Å². The summed E-state index contributed by atoms with van der Waals surface area (Å²) in [5.41, 5.74) is 1.82. The summed E-state index contributed by atoms with van der Waals surface area (Å²) in [6, 6.07) is 15.8. The van der Waals surface area contributed by atoms with Crippen molar-refractivity contribution < 1.29 is 13.9 Å². The fraction of sp³-hybridized carbons (Fsp3) is 0.211. The smallest absolute Gasteiger partial charge is 0.226 e. The van der Waals surface area contributed by atoms with Gasteiger partial charge in [-0.2, -0.15) is 9.36 Å². The van der Waals surface area contributed by atoms with Crippen LogP contribution in [-0.2, 0) is 16.1 Å². The summed E-state index contributed by atoms with van der Waals surface area (Å²) in [7, 11) is 0. The molecule has 7 heteroatoms. The van der Waals surface area contributed by atoms with Gasteiger partial charge in [-0.1, -0.05) is 30.3 Å². The fourth-order valence-electron chi connectivity index (χ4n) is 2.27. The number of aromatic nitrogens is 2. The van der Waals surface area contributed by atoms with Crippen molar-refractivity contribution in [2.75, 3.05) is 11.9 Å². The summed E-state index contributed by atoms with van der Waals surface area (Å²) in [6.45, 7) is 1.05. The van der Waals surface area contributed by atoms with E-state index >= 15 is 0 Å². The highest BCUT2D eigenvalue weighted by Crippen LogP contribution is 2.21. The van der Waals surface area contributed by atoms with E-state index in [4.69, 9.17) is 4.74 Å². The highest BCUT2D eigenvalue weighted by Gasteiger charge is 2.09. The number of carbonyl (C=O) groups excluding carboxylic acids is 1. The molecule has 0 spiro atoms. The number of amides is 1. The molecule has 0 bridgehead atoms. The number of halogens is 1. The Bertz CT molecular complexity index is 838. The van der Waals surface area contributed by atoms with Crippen LogP contribution in [0.3, 0.4) is 0 Å². The van der Waals surface area contributed by atoms with Gasteiger partial charge in [0.15, 0.2) is 5.82 Å².